The third-order valence-corrected chi connectivity index (χ3v) is 2.45. The van der Waals surface area contributed by atoms with Crippen LogP contribution in [-0.4, -0.2) is 4.98 Å². The first kappa shape index (κ1) is 11.6. The molecule has 0 aliphatic rings. The molecule has 0 amide bonds. The van der Waals surface area contributed by atoms with Gasteiger partial charge in [-0.25, -0.2) is 4.98 Å². The second-order valence-electron chi connectivity index (χ2n) is 3.63. The molecule has 0 bridgehead atoms. The van der Waals surface area contributed by atoms with Gasteiger partial charge in [0.25, 0.3) is 0 Å². The third kappa shape index (κ3) is 2.14. The zero-order chi connectivity index (χ0) is 13.0. The van der Waals surface area contributed by atoms with Crippen LogP contribution in [0.15, 0.2) is 36.5 Å². The average molecular weight is 235 g/mol. The minimum atomic E-state index is 0.222. The summed E-state index contributed by atoms with van der Waals surface area (Å²) in [6.07, 6.45) is 1.57. The van der Waals surface area contributed by atoms with Crippen LogP contribution in [0, 0.1) is 29.6 Å². The molecule has 4 heteroatoms. The lowest BCUT2D eigenvalue weighted by Gasteiger charge is -2.08. The first-order chi connectivity index (χ1) is 8.76. The van der Waals surface area contributed by atoms with Crippen molar-refractivity contribution in [2.75, 3.05) is 0 Å². The molecule has 1 aromatic carbocycles. The van der Waals surface area contributed by atoms with Gasteiger partial charge in [0.15, 0.2) is 0 Å². The van der Waals surface area contributed by atoms with E-state index in [1.807, 2.05) is 13.0 Å². The molecule has 0 atom stereocenters. The fraction of sp³-hybridized carbons (Fsp3) is 0.0714. The Hall–Kier alpha value is -2.85. The molecule has 1 aromatic heterocycles. The van der Waals surface area contributed by atoms with Gasteiger partial charge in [-0.15, -0.1) is 0 Å². The Kier molecular flexibility index (Phi) is 3.22. The summed E-state index contributed by atoms with van der Waals surface area (Å²) >= 11 is 0. The number of benzene rings is 1. The fourth-order valence-corrected chi connectivity index (χ4v) is 1.50. The number of rotatable bonds is 2. The predicted octanol–water partition coefficient (Wildman–Crippen LogP) is 2.93. The van der Waals surface area contributed by atoms with E-state index < -0.39 is 0 Å². The van der Waals surface area contributed by atoms with Gasteiger partial charge in [0.1, 0.15) is 23.5 Å². The van der Waals surface area contributed by atoms with Gasteiger partial charge in [-0.3, -0.25) is 0 Å². The summed E-state index contributed by atoms with van der Waals surface area (Å²) < 4.78 is 5.55. The van der Waals surface area contributed by atoms with Gasteiger partial charge in [0, 0.05) is 6.20 Å². The van der Waals surface area contributed by atoms with Crippen LogP contribution in [0.2, 0.25) is 0 Å². The second kappa shape index (κ2) is 4.99. The largest absolute Gasteiger partial charge is 0.436 e. The number of nitriles is 2. The Morgan fingerprint density at radius 2 is 1.89 bits per heavy atom. The molecular weight excluding hydrogens is 226 g/mol. The van der Waals surface area contributed by atoms with E-state index in [2.05, 4.69) is 11.1 Å². The average Bonchev–Trinajstić information content (AvgIpc) is 2.40. The van der Waals surface area contributed by atoms with Gasteiger partial charge in [-0.2, -0.15) is 10.5 Å². The van der Waals surface area contributed by atoms with E-state index in [1.54, 1.807) is 36.5 Å². The van der Waals surface area contributed by atoms with E-state index in [9.17, 15) is 0 Å². The molecule has 0 spiro atoms. The zero-order valence-corrected chi connectivity index (χ0v) is 9.71. The number of hydrogen-bond acceptors (Lipinski definition) is 4. The van der Waals surface area contributed by atoms with Gasteiger partial charge in [0.05, 0.1) is 5.56 Å². The molecule has 0 N–H and O–H groups in total. The minimum absolute atomic E-state index is 0.222. The highest BCUT2D eigenvalue weighted by Gasteiger charge is 2.10. The lowest BCUT2D eigenvalue weighted by molar-refractivity contribution is 0.459. The van der Waals surface area contributed by atoms with Crippen LogP contribution in [0.1, 0.15) is 16.7 Å². The Bertz CT molecular complexity index is 665. The van der Waals surface area contributed by atoms with Crippen molar-refractivity contribution in [2.45, 2.75) is 6.92 Å². The van der Waals surface area contributed by atoms with Gasteiger partial charge < -0.3 is 4.74 Å². The summed E-state index contributed by atoms with van der Waals surface area (Å²) in [5.74, 6) is 0.620. The Morgan fingerprint density at radius 3 is 2.61 bits per heavy atom. The summed E-state index contributed by atoms with van der Waals surface area (Å²) in [4.78, 5) is 4.03. The van der Waals surface area contributed by atoms with E-state index in [-0.39, 0.29) is 5.88 Å². The zero-order valence-electron chi connectivity index (χ0n) is 9.71. The Labute approximate surface area is 105 Å². The van der Waals surface area contributed by atoms with E-state index in [0.717, 1.165) is 5.56 Å². The number of ether oxygens (including phenoxy) is 1. The van der Waals surface area contributed by atoms with E-state index in [4.69, 9.17) is 15.3 Å². The van der Waals surface area contributed by atoms with Gasteiger partial charge >= 0.3 is 0 Å². The van der Waals surface area contributed by atoms with Crippen LogP contribution in [0.3, 0.4) is 0 Å². The van der Waals surface area contributed by atoms with Crippen molar-refractivity contribution in [1.29, 1.82) is 10.5 Å². The summed E-state index contributed by atoms with van der Waals surface area (Å²) in [5.41, 5.74) is 1.58. The molecule has 1 heterocycles. The number of nitrogens with zero attached hydrogens (tertiary/aromatic N) is 3. The van der Waals surface area contributed by atoms with E-state index >= 15 is 0 Å². The summed E-state index contributed by atoms with van der Waals surface area (Å²) in [6.45, 7) is 1.81. The predicted molar refractivity (Wildman–Crippen MR) is 64.9 cm³/mol. The Morgan fingerprint density at radius 1 is 1.11 bits per heavy atom. The maximum atomic E-state index is 9.07. The van der Waals surface area contributed by atoms with E-state index in [0.29, 0.717) is 16.9 Å². The molecule has 0 fully saturated rings. The van der Waals surface area contributed by atoms with Crippen molar-refractivity contribution in [3.63, 3.8) is 0 Å². The lowest BCUT2D eigenvalue weighted by Crippen LogP contribution is -1.95. The molecule has 4 nitrogen and oxygen atoms in total. The molecule has 86 valence electrons. The minimum Gasteiger partial charge on any atom is -0.436 e. The number of para-hydroxylation sites is 1. The molecule has 2 rings (SSSR count). The maximum absolute atomic E-state index is 9.07. The molecule has 2 aromatic rings. The molecule has 18 heavy (non-hydrogen) atoms. The number of aryl methyl sites for hydroxylation is 1. The first-order valence-corrected chi connectivity index (χ1v) is 5.29. The van der Waals surface area contributed by atoms with Gasteiger partial charge in [-0.05, 0) is 30.7 Å². The summed E-state index contributed by atoms with van der Waals surface area (Å²) in [5, 5.41) is 18.0. The van der Waals surface area contributed by atoms with Gasteiger partial charge in [-0.1, -0.05) is 12.1 Å². The highest BCUT2D eigenvalue weighted by molar-refractivity contribution is 5.49. The topological polar surface area (TPSA) is 69.7 Å². The maximum Gasteiger partial charge on any atom is 0.237 e. The van der Waals surface area contributed by atoms with Crippen molar-refractivity contribution >= 4 is 0 Å². The van der Waals surface area contributed by atoms with Crippen LogP contribution in [0.25, 0.3) is 0 Å². The fourth-order valence-electron chi connectivity index (χ4n) is 1.50. The number of hydrogen-bond donors (Lipinski definition) is 0. The van der Waals surface area contributed by atoms with Crippen LogP contribution in [0.5, 0.6) is 11.6 Å². The van der Waals surface area contributed by atoms with Crippen molar-refractivity contribution < 1.29 is 4.74 Å². The third-order valence-electron chi connectivity index (χ3n) is 2.45. The standard InChI is InChI=1S/C14H9N3O/c1-10-6-7-17-14(12(10)9-16)18-13-5-3-2-4-11(13)8-15/h2-7H,1H3. The summed E-state index contributed by atoms with van der Waals surface area (Å²) in [7, 11) is 0. The van der Waals surface area contributed by atoms with Crippen molar-refractivity contribution in [2.24, 2.45) is 0 Å². The van der Waals surface area contributed by atoms with Crippen LogP contribution in [-0.2, 0) is 0 Å². The number of pyridine rings is 1. The SMILES string of the molecule is Cc1ccnc(Oc2ccccc2C#N)c1C#N. The van der Waals surface area contributed by atoms with Crippen LogP contribution < -0.4 is 4.74 Å². The Balaban J connectivity index is 2.45. The molecule has 0 aliphatic carbocycles. The van der Waals surface area contributed by atoms with Crippen molar-refractivity contribution in [3.05, 3.63) is 53.2 Å². The van der Waals surface area contributed by atoms with Crippen molar-refractivity contribution in [3.8, 4) is 23.8 Å². The monoisotopic (exact) mass is 235 g/mol. The quantitative estimate of drug-likeness (QED) is 0.802. The smallest absolute Gasteiger partial charge is 0.237 e. The molecule has 0 radical (unpaired) electrons. The molecular formula is C14H9N3O. The molecule has 0 aliphatic heterocycles. The second-order valence-corrected chi connectivity index (χ2v) is 3.63. The van der Waals surface area contributed by atoms with Crippen molar-refractivity contribution in [1.82, 2.24) is 4.98 Å². The molecule has 0 saturated heterocycles. The highest BCUT2D eigenvalue weighted by atomic mass is 16.5. The van der Waals surface area contributed by atoms with Gasteiger partial charge in [0.2, 0.25) is 5.88 Å². The van der Waals surface area contributed by atoms with E-state index in [1.165, 1.54) is 0 Å². The number of aromatic nitrogens is 1. The first-order valence-electron chi connectivity index (χ1n) is 5.29. The summed E-state index contributed by atoms with van der Waals surface area (Å²) in [6, 6.07) is 12.7. The normalized spacial score (nSPS) is 9.28. The van der Waals surface area contributed by atoms with Crippen LogP contribution in [0.4, 0.5) is 0 Å². The molecule has 0 unspecified atom stereocenters. The van der Waals surface area contributed by atoms with Crippen LogP contribution >= 0.6 is 0 Å². The molecule has 0 saturated carbocycles. The highest BCUT2D eigenvalue weighted by Crippen LogP contribution is 2.26. The lowest BCUT2D eigenvalue weighted by atomic mass is 10.1.